The van der Waals surface area contributed by atoms with E-state index in [1.807, 2.05) is 37.0 Å². The van der Waals surface area contributed by atoms with Crippen LogP contribution in [-0.2, 0) is 11.3 Å². The van der Waals surface area contributed by atoms with Crippen LogP contribution in [0, 0.1) is 0 Å². The van der Waals surface area contributed by atoms with Gasteiger partial charge >= 0.3 is 5.97 Å². The summed E-state index contributed by atoms with van der Waals surface area (Å²) in [4.78, 5) is 17.3. The number of likely N-dealkylation sites (N-methyl/N-ethyl adjacent to an activating group) is 1. The lowest BCUT2D eigenvalue weighted by Gasteiger charge is -2.27. The van der Waals surface area contributed by atoms with E-state index in [4.69, 9.17) is 28.3 Å². The van der Waals surface area contributed by atoms with Gasteiger partial charge in [-0.25, -0.2) is 0 Å². The summed E-state index contributed by atoms with van der Waals surface area (Å²) in [5, 5.41) is 10.3. The molecule has 1 N–H and O–H groups in total. The smallest absolute Gasteiger partial charge is 0.317 e. The molecule has 0 aromatic heterocycles. The Labute approximate surface area is 160 Å². The van der Waals surface area contributed by atoms with Crippen LogP contribution in [-0.4, -0.2) is 67.7 Å². The number of nitrogens with zero attached hydrogens (tertiary/aromatic N) is 3. The summed E-state index contributed by atoms with van der Waals surface area (Å²) >= 11 is 12.6. The predicted molar refractivity (Wildman–Crippen MR) is 104 cm³/mol. The van der Waals surface area contributed by atoms with E-state index in [9.17, 15) is 4.79 Å². The van der Waals surface area contributed by atoms with Crippen LogP contribution in [0.15, 0.2) is 12.1 Å². The number of carboxylic acid groups (broad SMARTS) is 1. The molecule has 0 aliphatic carbocycles. The SMILES string of the molecule is CN(C)c1cc(Cl)cc(Cl)c1CN1CCCC(N(C)CC(=O)O)CC1. The number of hydrogen-bond donors (Lipinski definition) is 1. The number of carbonyl (C=O) groups is 1. The maximum atomic E-state index is 10.9. The van der Waals surface area contributed by atoms with E-state index in [-0.39, 0.29) is 6.54 Å². The number of aliphatic carboxylic acids is 1. The number of carboxylic acids is 1. The van der Waals surface area contributed by atoms with Gasteiger partial charge in [-0.1, -0.05) is 23.2 Å². The molecule has 25 heavy (non-hydrogen) atoms. The van der Waals surface area contributed by atoms with Crippen LogP contribution in [0.25, 0.3) is 0 Å². The van der Waals surface area contributed by atoms with Crippen molar-refractivity contribution in [2.45, 2.75) is 31.8 Å². The second kappa shape index (κ2) is 9.08. The number of halogens is 2. The summed E-state index contributed by atoms with van der Waals surface area (Å²) in [6.07, 6.45) is 3.04. The molecular weight excluding hydrogens is 361 g/mol. The molecule has 0 saturated carbocycles. The average Bonchev–Trinajstić information content (AvgIpc) is 2.74. The molecule has 1 aliphatic rings. The van der Waals surface area contributed by atoms with Crippen molar-refractivity contribution in [3.8, 4) is 0 Å². The molecule has 1 heterocycles. The molecule has 0 bridgehead atoms. The molecule has 0 amide bonds. The van der Waals surface area contributed by atoms with Gasteiger partial charge in [-0.05, 0) is 51.5 Å². The Balaban J connectivity index is 2.06. The number of hydrogen-bond acceptors (Lipinski definition) is 4. The van der Waals surface area contributed by atoms with Crippen LogP contribution in [0.3, 0.4) is 0 Å². The molecule has 1 aliphatic heterocycles. The number of rotatable bonds is 6. The molecule has 1 fully saturated rings. The second-order valence-electron chi connectivity index (χ2n) is 6.95. The normalized spacial score (nSPS) is 19.0. The molecule has 1 atom stereocenters. The number of benzene rings is 1. The average molecular weight is 388 g/mol. The Morgan fingerprint density at radius 1 is 1.24 bits per heavy atom. The van der Waals surface area contributed by atoms with Gasteiger partial charge in [0.05, 0.1) is 6.54 Å². The van der Waals surface area contributed by atoms with Crippen LogP contribution in [0.5, 0.6) is 0 Å². The van der Waals surface area contributed by atoms with Gasteiger partial charge in [-0.15, -0.1) is 0 Å². The third kappa shape index (κ3) is 5.74. The zero-order chi connectivity index (χ0) is 18.6. The maximum Gasteiger partial charge on any atom is 0.317 e. The molecule has 2 rings (SSSR count). The Morgan fingerprint density at radius 2 is 1.96 bits per heavy atom. The van der Waals surface area contributed by atoms with Crippen molar-refractivity contribution >= 4 is 34.9 Å². The summed E-state index contributed by atoms with van der Waals surface area (Å²) in [6, 6.07) is 4.06. The minimum atomic E-state index is -0.771. The van der Waals surface area contributed by atoms with E-state index >= 15 is 0 Å². The molecule has 1 saturated heterocycles. The van der Waals surface area contributed by atoms with Gasteiger partial charge in [0.25, 0.3) is 0 Å². The van der Waals surface area contributed by atoms with E-state index in [1.54, 1.807) is 6.07 Å². The molecule has 0 spiro atoms. The van der Waals surface area contributed by atoms with Crippen molar-refractivity contribution in [1.82, 2.24) is 9.80 Å². The van der Waals surface area contributed by atoms with E-state index < -0.39 is 5.97 Å². The summed E-state index contributed by atoms with van der Waals surface area (Å²) in [5.41, 5.74) is 2.13. The topological polar surface area (TPSA) is 47.0 Å². The minimum absolute atomic E-state index is 0.0957. The lowest BCUT2D eigenvalue weighted by atomic mass is 10.1. The van der Waals surface area contributed by atoms with Crippen molar-refractivity contribution in [2.24, 2.45) is 0 Å². The van der Waals surface area contributed by atoms with Gasteiger partial charge in [-0.2, -0.15) is 0 Å². The van der Waals surface area contributed by atoms with Crippen molar-refractivity contribution in [3.05, 3.63) is 27.7 Å². The zero-order valence-corrected chi connectivity index (χ0v) is 16.6. The summed E-state index contributed by atoms with van der Waals surface area (Å²) in [6.45, 7) is 2.79. The fourth-order valence-corrected chi connectivity index (χ4v) is 3.99. The highest BCUT2D eigenvalue weighted by atomic mass is 35.5. The fraction of sp³-hybridized carbons (Fsp3) is 0.611. The molecule has 1 aromatic carbocycles. The molecule has 1 aromatic rings. The molecule has 0 radical (unpaired) electrons. The highest BCUT2D eigenvalue weighted by Crippen LogP contribution is 2.32. The van der Waals surface area contributed by atoms with Crippen LogP contribution in [0.1, 0.15) is 24.8 Å². The Bertz CT molecular complexity index is 610. The zero-order valence-electron chi connectivity index (χ0n) is 15.1. The standard InChI is InChI=1S/C18H27Cl2N3O2/c1-21(2)17-10-13(19)9-16(20)15(17)11-23-7-4-5-14(6-8-23)22(3)12-18(24)25/h9-10,14H,4-8,11-12H2,1-3H3,(H,24,25). The Morgan fingerprint density at radius 3 is 2.60 bits per heavy atom. The van der Waals surface area contributed by atoms with Crippen molar-refractivity contribution < 1.29 is 9.90 Å². The van der Waals surface area contributed by atoms with Gasteiger partial charge < -0.3 is 10.0 Å². The van der Waals surface area contributed by atoms with E-state index in [0.29, 0.717) is 16.1 Å². The van der Waals surface area contributed by atoms with Crippen molar-refractivity contribution in [3.63, 3.8) is 0 Å². The van der Waals surface area contributed by atoms with Crippen molar-refractivity contribution in [1.29, 1.82) is 0 Å². The summed E-state index contributed by atoms with van der Waals surface area (Å²) in [7, 11) is 5.88. The first kappa shape index (κ1) is 20.3. The number of anilines is 1. The largest absolute Gasteiger partial charge is 0.480 e. The summed E-state index contributed by atoms with van der Waals surface area (Å²) in [5.74, 6) is -0.771. The highest BCUT2D eigenvalue weighted by Gasteiger charge is 2.23. The molecule has 7 heteroatoms. The van der Waals surface area contributed by atoms with Crippen LogP contribution in [0.2, 0.25) is 10.0 Å². The molecule has 5 nitrogen and oxygen atoms in total. The van der Waals surface area contributed by atoms with Gasteiger partial charge in [0.15, 0.2) is 0 Å². The van der Waals surface area contributed by atoms with Crippen LogP contribution >= 0.6 is 23.2 Å². The lowest BCUT2D eigenvalue weighted by molar-refractivity contribution is -0.138. The van der Waals surface area contributed by atoms with Crippen LogP contribution < -0.4 is 4.90 Å². The predicted octanol–water partition coefficient (Wildman–Crippen LogP) is 3.43. The van der Waals surface area contributed by atoms with Gasteiger partial charge in [0.1, 0.15) is 0 Å². The maximum absolute atomic E-state index is 10.9. The minimum Gasteiger partial charge on any atom is -0.480 e. The lowest BCUT2D eigenvalue weighted by Crippen LogP contribution is -2.36. The quantitative estimate of drug-likeness (QED) is 0.809. The number of likely N-dealkylation sites (tertiary alicyclic amines) is 1. The van der Waals surface area contributed by atoms with Gasteiger partial charge in [0, 0.05) is 48.0 Å². The highest BCUT2D eigenvalue weighted by molar-refractivity contribution is 6.35. The summed E-state index contributed by atoms with van der Waals surface area (Å²) < 4.78 is 0. The second-order valence-corrected chi connectivity index (χ2v) is 7.79. The monoisotopic (exact) mass is 387 g/mol. The third-order valence-corrected chi connectivity index (χ3v) is 5.35. The van der Waals surface area contributed by atoms with Crippen LogP contribution in [0.4, 0.5) is 5.69 Å². The molecule has 1 unspecified atom stereocenters. The van der Waals surface area contributed by atoms with E-state index in [0.717, 1.165) is 50.1 Å². The van der Waals surface area contributed by atoms with Crippen molar-refractivity contribution in [2.75, 3.05) is 45.7 Å². The van der Waals surface area contributed by atoms with E-state index in [1.165, 1.54) is 0 Å². The van der Waals surface area contributed by atoms with Gasteiger partial charge in [0.2, 0.25) is 0 Å². The first-order chi connectivity index (χ1) is 11.8. The first-order valence-corrected chi connectivity index (χ1v) is 9.33. The van der Waals surface area contributed by atoms with Gasteiger partial charge in [-0.3, -0.25) is 14.6 Å². The fourth-order valence-electron chi connectivity index (χ4n) is 3.45. The Kier molecular flexibility index (Phi) is 7.37. The molecular formula is C18H27Cl2N3O2. The third-order valence-electron chi connectivity index (χ3n) is 4.80. The Hall–Kier alpha value is -1.01. The molecule has 140 valence electrons. The first-order valence-electron chi connectivity index (χ1n) is 8.57. The van der Waals surface area contributed by atoms with E-state index in [2.05, 4.69) is 4.90 Å².